The van der Waals surface area contributed by atoms with E-state index in [-0.39, 0.29) is 10.5 Å². The van der Waals surface area contributed by atoms with Gasteiger partial charge in [-0.2, -0.15) is 0 Å². The lowest BCUT2D eigenvalue weighted by Crippen LogP contribution is -2.26. The molecule has 126 valence electrons. The maximum absolute atomic E-state index is 12.3. The second-order valence-electron chi connectivity index (χ2n) is 5.75. The number of amides is 1. The number of hydrogen-bond acceptors (Lipinski definition) is 5. The normalized spacial score (nSPS) is 14.3. The van der Waals surface area contributed by atoms with E-state index in [0.717, 1.165) is 12.8 Å². The van der Waals surface area contributed by atoms with Crippen LogP contribution in [0.15, 0.2) is 47.5 Å². The summed E-state index contributed by atoms with van der Waals surface area (Å²) in [7, 11) is -3.61. The molecule has 1 aromatic heterocycles. The molecular formula is C16H18N4O3S. The summed E-state index contributed by atoms with van der Waals surface area (Å²) < 4.78 is 27.1. The van der Waals surface area contributed by atoms with Gasteiger partial charge >= 0.3 is 0 Å². The first kappa shape index (κ1) is 16.4. The van der Waals surface area contributed by atoms with Gasteiger partial charge in [0.05, 0.1) is 16.8 Å². The molecule has 0 unspecified atom stereocenters. The molecule has 24 heavy (non-hydrogen) atoms. The zero-order valence-electron chi connectivity index (χ0n) is 12.9. The smallest absolute Gasteiger partial charge is 0.255 e. The molecule has 1 aliphatic rings. The van der Waals surface area contributed by atoms with Gasteiger partial charge in [-0.25, -0.2) is 18.1 Å². The topological polar surface area (TPSA) is 114 Å². The Morgan fingerprint density at radius 3 is 2.71 bits per heavy atom. The summed E-state index contributed by atoms with van der Waals surface area (Å²) in [5.74, 6) is 0.368. The van der Waals surface area contributed by atoms with Crippen molar-refractivity contribution in [2.24, 2.45) is 5.92 Å². The lowest BCUT2D eigenvalue weighted by Gasteiger charge is -2.09. The highest BCUT2D eigenvalue weighted by Crippen LogP contribution is 2.28. The zero-order chi connectivity index (χ0) is 17.2. The van der Waals surface area contributed by atoms with E-state index in [1.807, 2.05) is 0 Å². The van der Waals surface area contributed by atoms with Crippen LogP contribution >= 0.6 is 0 Å². The van der Waals surface area contributed by atoms with Gasteiger partial charge < -0.3 is 11.1 Å². The first-order valence-corrected chi connectivity index (χ1v) is 9.05. The van der Waals surface area contributed by atoms with Gasteiger partial charge in [-0.15, -0.1) is 0 Å². The number of rotatable bonds is 6. The number of carbonyl (C=O) groups is 1. The summed E-state index contributed by atoms with van der Waals surface area (Å²) in [6.07, 6.45) is 3.55. The molecule has 0 bridgehead atoms. The van der Waals surface area contributed by atoms with Gasteiger partial charge in [0.2, 0.25) is 10.0 Å². The Hall–Kier alpha value is -2.45. The Labute approximate surface area is 140 Å². The van der Waals surface area contributed by atoms with Crippen LogP contribution in [0.4, 0.5) is 11.5 Å². The standard InChI is InChI=1S/C16H18N4O3S/c17-15-7-6-13(10-18-15)20-16(21)12-2-1-3-14(8-12)24(22,23)19-9-11-4-5-11/h1-3,6-8,10-11,19H,4-5,9H2,(H2,17,18)(H,20,21). The summed E-state index contributed by atoms with van der Waals surface area (Å²) in [4.78, 5) is 16.2. The number of carbonyl (C=O) groups excluding carboxylic acids is 1. The van der Waals surface area contributed by atoms with E-state index in [0.29, 0.717) is 24.0 Å². The van der Waals surface area contributed by atoms with E-state index in [1.165, 1.54) is 18.3 Å². The van der Waals surface area contributed by atoms with Crippen LogP contribution in [0.1, 0.15) is 23.2 Å². The fourth-order valence-corrected chi connectivity index (χ4v) is 3.28. The molecule has 1 fully saturated rings. The van der Waals surface area contributed by atoms with E-state index in [4.69, 9.17) is 5.73 Å². The number of benzene rings is 1. The molecule has 0 atom stereocenters. The molecule has 1 amide bonds. The van der Waals surface area contributed by atoms with Crippen molar-refractivity contribution in [2.45, 2.75) is 17.7 Å². The van der Waals surface area contributed by atoms with Crippen LogP contribution in [-0.2, 0) is 10.0 Å². The predicted molar refractivity (Wildman–Crippen MR) is 91.0 cm³/mol. The lowest BCUT2D eigenvalue weighted by molar-refractivity contribution is 0.102. The minimum Gasteiger partial charge on any atom is -0.384 e. The van der Waals surface area contributed by atoms with Crippen molar-refractivity contribution in [1.29, 1.82) is 0 Å². The molecule has 7 nitrogen and oxygen atoms in total. The Kier molecular flexibility index (Phi) is 4.50. The molecule has 0 spiro atoms. The highest BCUT2D eigenvalue weighted by Gasteiger charge is 2.24. The SMILES string of the molecule is Nc1ccc(NC(=O)c2cccc(S(=O)(=O)NCC3CC3)c2)cn1. The summed E-state index contributed by atoms with van der Waals surface area (Å²) in [6.45, 7) is 0.440. The zero-order valence-corrected chi connectivity index (χ0v) is 13.7. The maximum atomic E-state index is 12.3. The minimum atomic E-state index is -3.61. The van der Waals surface area contributed by atoms with Crippen LogP contribution in [-0.4, -0.2) is 25.9 Å². The Morgan fingerprint density at radius 2 is 2.04 bits per heavy atom. The van der Waals surface area contributed by atoms with E-state index in [9.17, 15) is 13.2 Å². The number of aromatic nitrogens is 1. The first-order valence-electron chi connectivity index (χ1n) is 7.57. The molecular weight excluding hydrogens is 328 g/mol. The molecule has 4 N–H and O–H groups in total. The molecule has 0 aliphatic heterocycles. The van der Waals surface area contributed by atoms with Crippen molar-refractivity contribution in [3.05, 3.63) is 48.2 Å². The number of nitrogens with one attached hydrogen (secondary N) is 2. The van der Waals surface area contributed by atoms with Crippen molar-refractivity contribution in [1.82, 2.24) is 9.71 Å². The number of pyridine rings is 1. The molecule has 1 aliphatic carbocycles. The van der Waals surface area contributed by atoms with E-state index >= 15 is 0 Å². The number of sulfonamides is 1. The minimum absolute atomic E-state index is 0.0752. The van der Waals surface area contributed by atoms with Crippen molar-refractivity contribution >= 4 is 27.4 Å². The highest BCUT2D eigenvalue weighted by molar-refractivity contribution is 7.89. The fourth-order valence-electron chi connectivity index (χ4n) is 2.12. The summed E-state index contributed by atoms with van der Waals surface area (Å²) in [6, 6.07) is 9.12. The van der Waals surface area contributed by atoms with Crippen molar-refractivity contribution in [2.75, 3.05) is 17.6 Å². The Balaban J connectivity index is 1.73. The molecule has 1 heterocycles. The molecule has 3 rings (SSSR count). The number of nitrogen functional groups attached to an aromatic ring is 1. The van der Waals surface area contributed by atoms with Crippen LogP contribution in [0.3, 0.4) is 0 Å². The third kappa shape index (κ3) is 4.09. The Bertz CT molecular complexity index is 846. The van der Waals surface area contributed by atoms with Crippen LogP contribution in [0.2, 0.25) is 0 Å². The highest BCUT2D eigenvalue weighted by atomic mass is 32.2. The van der Waals surface area contributed by atoms with E-state index in [2.05, 4.69) is 15.0 Å². The fraction of sp³-hybridized carbons (Fsp3) is 0.250. The van der Waals surface area contributed by atoms with Gasteiger partial charge in [-0.3, -0.25) is 4.79 Å². The number of anilines is 2. The third-order valence-electron chi connectivity index (χ3n) is 3.71. The molecule has 1 saturated carbocycles. The monoisotopic (exact) mass is 346 g/mol. The van der Waals surface area contributed by atoms with E-state index in [1.54, 1.807) is 24.3 Å². The van der Waals surface area contributed by atoms with Gasteiger partial charge in [0, 0.05) is 12.1 Å². The van der Waals surface area contributed by atoms with Gasteiger partial charge in [0.1, 0.15) is 5.82 Å². The first-order chi connectivity index (χ1) is 11.4. The van der Waals surface area contributed by atoms with Crippen molar-refractivity contribution < 1.29 is 13.2 Å². The quantitative estimate of drug-likeness (QED) is 0.735. The molecule has 8 heteroatoms. The maximum Gasteiger partial charge on any atom is 0.255 e. The van der Waals surface area contributed by atoms with E-state index < -0.39 is 15.9 Å². The molecule has 0 saturated heterocycles. The predicted octanol–water partition coefficient (Wildman–Crippen LogP) is 1.60. The summed E-state index contributed by atoms with van der Waals surface area (Å²) in [5.41, 5.74) is 6.22. The third-order valence-corrected chi connectivity index (χ3v) is 5.13. The van der Waals surface area contributed by atoms with Crippen molar-refractivity contribution in [3.63, 3.8) is 0 Å². The summed E-state index contributed by atoms with van der Waals surface area (Å²) in [5, 5.41) is 2.65. The van der Waals surface area contributed by atoms with Gasteiger partial charge in [0.15, 0.2) is 0 Å². The number of hydrogen-bond donors (Lipinski definition) is 3. The number of nitrogens with two attached hydrogens (primary N) is 1. The molecule has 2 aromatic rings. The van der Waals surface area contributed by atoms with Gasteiger partial charge in [0.25, 0.3) is 5.91 Å². The largest absolute Gasteiger partial charge is 0.384 e. The number of nitrogens with zero attached hydrogens (tertiary/aromatic N) is 1. The van der Waals surface area contributed by atoms with Crippen LogP contribution < -0.4 is 15.8 Å². The molecule has 0 radical (unpaired) electrons. The second-order valence-corrected chi connectivity index (χ2v) is 7.52. The molecule has 1 aromatic carbocycles. The average Bonchev–Trinajstić information content (AvgIpc) is 3.40. The Morgan fingerprint density at radius 1 is 1.25 bits per heavy atom. The average molecular weight is 346 g/mol. The van der Waals surface area contributed by atoms with Crippen LogP contribution in [0.5, 0.6) is 0 Å². The van der Waals surface area contributed by atoms with Crippen LogP contribution in [0.25, 0.3) is 0 Å². The van der Waals surface area contributed by atoms with Crippen LogP contribution in [0, 0.1) is 5.92 Å². The second kappa shape index (κ2) is 6.58. The van der Waals surface area contributed by atoms with Crippen molar-refractivity contribution in [3.8, 4) is 0 Å². The lowest BCUT2D eigenvalue weighted by atomic mass is 10.2. The van der Waals surface area contributed by atoms with Gasteiger partial charge in [-0.05, 0) is 49.1 Å². The van der Waals surface area contributed by atoms with Gasteiger partial charge in [-0.1, -0.05) is 6.07 Å². The summed E-state index contributed by atoms with van der Waals surface area (Å²) >= 11 is 0.